The topological polar surface area (TPSA) is 49.3 Å². The molecule has 2 aromatic carbocycles. The number of carbonyl (C=O) groups excluding carboxylic acids is 1. The van der Waals surface area contributed by atoms with E-state index in [-0.39, 0.29) is 12.3 Å². The number of carbonyl (C=O) groups is 1. The number of aliphatic hydroxyl groups is 1. The molecule has 2 rings (SSSR count). The Bertz CT molecular complexity index is 525. The maximum Gasteiger partial charge on any atom is 0.222 e. The van der Waals surface area contributed by atoms with E-state index in [1.165, 1.54) is 5.56 Å². The van der Waals surface area contributed by atoms with Gasteiger partial charge in [0.1, 0.15) is 0 Å². The third-order valence-corrected chi connectivity index (χ3v) is 3.14. The average molecular weight is 269 g/mol. The zero-order chi connectivity index (χ0) is 14.2. The Morgan fingerprint density at radius 2 is 1.60 bits per heavy atom. The van der Waals surface area contributed by atoms with E-state index in [9.17, 15) is 9.90 Å². The van der Waals surface area contributed by atoms with Gasteiger partial charge >= 0.3 is 0 Å². The second kappa shape index (κ2) is 7.46. The summed E-state index contributed by atoms with van der Waals surface area (Å²) in [6.07, 6.45) is 0.153. The molecule has 0 aliphatic rings. The largest absolute Gasteiger partial charge is 0.388 e. The molecule has 3 heteroatoms. The monoisotopic (exact) mass is 269 g/mol. The van der Waals surface area contributed by atoms with Crippen LogP contribution in [0.1, 0.15) is 23.7 Å². The van der Waals surface area contributed by atoms with Gasteiger partial charge in [0, 0.05) is 6.54 Å². The molecule has 20 heavy (non-hydrogen) atoms. The molecular formula is C17H19NO2. The molecule has 0 spiro atoms. The predicted molar refractivity (Wildman–Crippen MR) is 79.2 cm³/mol. The summed E-state index contributed by atoms with van der Waals surface area (Å²) in [5.74, 6) is -0.128. The molecule has 1 atom stereocenters. The molecule has 104 valence electrons. The van der Waals surface area contributed by atoms with Gasteiger partial charge in [-0.05, 0) is 17.5 Å². The van der Waals surface area contributed by atoms with Gasteiger partial charge in [0.05, 0.1) is 12.5 Å². The third kappa shape index (κ3) is 4.52. The van der Waals surface area contributed by atoms with E-state index in [1.54, 1.807) is 0 Å². The molecule has 0 saturated carbocycles. The number of hydrogen-bond acceptors (Lipinski definition) is 2. The molecule has 0 aromatic heterocycles. The SMILES string of the molecule is O=C(CC(O)c1ccccc1)NCCc1ccccc1. The van der Waals surface area contributed by atoms with Gasteiger partial charge in [-0.2, -0.15) is 0 Å². The highest BCUT2D eigenvalue weighted by atomic mass is 16.3. The summed E-state index contributed by atoms with van der Waals surface area (Å²) in [4.78, 5) is 11.7. The lowest BCUT2D eigenvalue weighted by Crippen LogP contribution is -2.27. The highest BCUT2D eigenvalue weighted by Crippen LogP contribution is 2.15. The fourth-order valence-electron chi connectivity index (χ4n) is 2.03. The molecule has 0 aliphatic heterocycles. The maximum absolute atomic E-state index is 11.7. The van der Waals surface area contributed by atoms with Gasteiger partial charge in [-0.3, -0.25) is 4.79 Å². The molecule has 2 aromatic rings. The number of amides is 1. The molecule has 0 fully saturated rings. The van der Waals surface area contributed by atoms with Crippen molar-refractivity contribution in [3.63, 3.8) is 0 Å². The van der Waals surface area contributed by atoms with Crippen LogP contribution < -0.4 is 5.32 Å². The first-order chi connectivity index (χ1) is 9.75. The summed E-state index contributed by atoms with van der Waals surface area (Å²) in [5.41, 5.74) is 1.96. The third-order valence-electron chi connectivity index (χ3n) is 3.14. The summed E-state index contributed by atoms with van der Waals surface area (Å²) in [5, 5.41) is 12.8. The van der Waals surface area contributed by atoms with E-state index in [2.05, 4.69) is 5.32 Å². The Morgan fingerprint density at radius 1 is 1.00 bits per heavy atom. The number of rotatable bonds is 6. The molecule has 0 aliphatic carbocycles. The van der Waals surface area contributed by atoms with Crippen molar-refractivity contribution in [1.29, 1.82) is 0 Å². The van der Waals surface area contributed by atoms with Crippen molar-refractivity contribution in [1.82, 2.24) is 5.32 Å². The highest BCUT2D eigenvalue weighted by Gasteiger charge is 2.11. The fourth-order valence-corrected chi connectivity index (χ4v) is 2.03. The Balaban J connectivity index is 1.73. The molecule has 1 unspecified atom stereocenters. The lowest BCUT2D eigenvalue weighted by atomic mass is 10.1. The number of hydrogen-bond donors (Lipinski definition) is 2. The highest BCUT2D eigenvalue weighted by molar-refractivity contribution is 5.76. The van der Waals surface area contributed by atoms with Crippen LogP contribution in [-0.4, -0.2) is 17.6 Å². The standard InChI is InChI=1S/C17H19NO2/c19-16(15-9-5-2-6-10-15)13-17(20)18-12-11-14-7-3-1-4-8-14/h1-10,16,19H,11-13H2,(H,18,20). The van der Waals surface area contributed by atoms with Crippen LogP contribution in [0, 0.1) is 0 Å². The van der Waals surface area contributed by atoms with Gasteiger partial charge < -0.3 is 10.4 Å². The first-order valence-electron chi connectivity index (χ1n) is 6.79. The molecule has 3 nitrogen and oxygen atoms in total. The minimum absolute atomic E-state index is 0.0960. The van der Waals surface area contributed by atoms with Gasteiger partial charge in [0.25, 0.3) is 0 Å². The van der Waals surface area contributed by atoms with Crippen molar-refractivity contribution >= 4 is 5.91 Å². The summed E-state index contributed by atoms with van der Waals surface area (Å²) in [6, 6.07) is 19.2. The summed E-state index contributed by atoms with van der Waals surface area (Å²) in [7, 11) is 0. The van der Waals surface area contributed by atoms with Gasteiger partial charge in [0.2, 0.25) is 5.91 Å². The summed E-state index contributed by atoms with van der Waals surface area (Å²) < 4.78 is 0. The van der Waals surface area contributed by atoms with Crippen LogP contribution in [0.15, 0.2) is 60.7 Å². The zero-order valence-corrected chi connectivity index (χ0v) is 11.3. The Hall–Kier alpha value is -2.13. The van der Waals surface area contributed by atoms with Crippen LogP contribution in [0.5, 0.6) is 0 Å². The first-order valence-corrected chi connectivity index (χ1v) is 6.79. The molecule has 0 radical (unpaired) electrons. The van der Waals surface area contributed by atoms with Gasteiger partial charge in [0.15, 0.2) is 0 Å². The maximum atomic E-state index is 11.7. The lowest BCUT2D eigenvalue weighted by molar-refractivity contribution is -0.123. The van der Waals surface area contributed by atoms with E-state index >= 15 is 0 Å². The minimum Gasteiger partial charge on any atom is -0.388 e. The number of benzene rings is 2. The molecule has 1 amide bonds. The normalized spacial score (nSPS) is 11.8. The van der Waals surface area contributed by atoms with Crippen molar-refractivity contribution in [2.75, 3.05) is 6.54 Å². The summed E-state index contributed by atoms with van der Waals surface area (Å²) >= 11 is 0. The van der Waals surface area contributed by atoms with Crippen LogP contribution in [0.3, 0.4) is 0 Å². The average Bonchev–Trinajstić information content (AvgIpc) is 2.49. The van der Waals surface area contributed by atoms with E-state index in [0.717, 1.165) is 12.0 Å². The van der Waals surface area contributed by atoms with E-state index in [0.29, 0.717) is 6.54 Å². The molecule has 2 N–H and O–H groups in total. The second-order valence-electron chi connectivity index (χ2n) is 4.72. The number of nitrogens with one attached hydrogen (secondary N) is 1. The van der Waals surface area contributed by atoms with Crippen LogP contribution in [0.4, 0.5) is 0 Å². The van der Waals surface area contributed by atoms with E-state index in [1.807, 2.05) is 60.7 Å². The fraction of sp³-hybridized carbons (Fsp3) is 0.235. The Labute approximate surface area is 119 Å². The van der Waals surface area contributed by atoms with Crippen molar-refractivity contribution < 1.29 is 9.90 Å². The predicted octanol–water partition coefficient (Wildman–Crippen LogP) is 2.47. The molecule has 0 bridgehead atoms. The van der Waals surface area contributed by atoms with Crippen LogP contribution in [0.2, 0.25) is 0 Å². The van der Waals surface area contributed by atoms with Crippen LogP contribution in [0.25, 0.3) is 0 Å². The number of aliphatic hydroxyl groups excluding tert-OH is 1. The Kier molecular flexibility index (Phi) is 5.33. The first kappa shape index (κ1) is 14.3. The molecular weight excluding hydrogens is 250 g/mol. The Morgan fingerprint density at radius 3 is 2.25 bits per heavy atom. The second-order valence-corrected chi connectivity index (χ2v) is 4.72. The van der Waals surface area contributed by atoms with Crippen molar-refractivity contribution in [3.8, 4) is 0 Å². The lowest BCUT2D eigenvalue weighted by Gasteiger charge is -2.11. The van der Waals surface area contributed by atoms with Crippen LogP contribution >= 0.6 is 0 Å². The van der Waals surface area contributed by atoms with Crippen LogP contribution in [-0.2, 0) is 11.2 Å². The van der Waals surface area contributed by atoms with E-state index < -0.39 is 6.10 Å². The van der Waals surface area contributed by atoms with Crippen molar-refractivity contribution in [3.05, 3.63) is 71.8 Å². The van der Waals surface area contributed by atoms with E-state index in [4.69, 9.17) is 0 Å². The smallest absolute Gasteiger partial charge is 0.222 e. The van der Waals surface area contributed by atoms with Gasteiger partial charge in [-0.25, -0.2) is 0 Å². The molecule has 0 heterocycles. The van der Waals surface area contributed by atoms with Crippen molar-refractivity contribution in [2.24, 2.45) is 0 Å². The molecule has 0 saturated heterocycles. The van der Waals surface area contributed by atoms with Gasteiger partial charge in [-0.15, -0.1) is 0 Å². The zero-order valence-electron chi connectivity index (χ0n) is 11.3. The van der Waals surface area contributed by atoms with Gasteiger partial charge in [-0.1, -0.05) is 60.7 Å². The quantitative estimate of drug-likeness (QED) is 0.846. The summed E-state index contributed by atoms with van der Waals surface area (Å²) in [6.45, 7) is 0.588. The minimum atomic E-state index is -0.743. The van der Waals surface area contributed by atoms with Crippen molar-refractivity contribution in [2.45, 2.75) is 18.9 Å².